The number of nitriles is 1. The first kappa shape index (κ1) is 17.7. The molecule has 2 aliphatic rings. The lowest BCUT2D eigenvalue weighted by molar-refractivity contribution is -0.168. The van der Waals surface area contributed by atoms with Gasteiger partial charge in [-0.25, -0.2) is 4.39 Å². The van der Waals surface area contributed by atoms with E-state index < -0.39 is 0 Å². The predicted molar refractivity (Wildman–Crippen MR) is 94.6 cm³/mol. The molecule has 0 radical (unpaired) electrons. The van der Waals surface area contributed by atoms with Gasteiger partial charge >= 0.3 is 0 Å². The normalized spacial score (nSPS) is 24.2. The first-order chi connectivity index (χ1) is 12.1. The lowest BCUT2D eigenvalue weighted by atomic mass is 9.51. The van der Waals surface area contributed by atoms with Gasteiger partial charge in [-0.2, -0.15) is 5.26 Å². The second-order valence-corrected chi connectivity index (χ2v) is 6.81. The Morgan fingerprint density at radius 3 is 2.88 bits per heavy atom. The summed E-state index contributed by atoms with van der Waals surface area (Å²) in [6.45, 7) is 3.08. The van der Waals surface area contributed by atoms with Crippen LogP contribution in [0.1, 0.15) is 43.7 Å². The van der Waals surface area contributed by atoms with Gasteiger partial charge in [0.2, 0.25) is 0 Å². The highest BCUT2D eigenvalue weighted by atomic mass is 19.1. The van der Waals surface area contributed by atoms with Crippen LogP contribution in [0.4, 0.5) is 4.39 Å². The molecule has 2 N–H and O–H groups in total. The zero-order chi connectivity index (χ0) is 17.9. The van der Waals surface area contributed by atoms with Gasteiger partial charge in [-0.05, 0) is 44.4 Å². The molecular formula is C19H25FN4O. The van der Waals surface area contributed by atoms with Crippen molar-refractivity contribution in [1.82, 2.24) is 10.6 Å². The fraction of sp³-hybridized carbons (Fsp3) is 0.579. The van der Waals surface area contributed by atoms with Crippen LogP contribution in [0, 0.1) is 22.6 Å². The van der Waals surface area contributed by atoms with Gasteiger partial charge in [0.1, 0.15) is 5.82 Å². The molecule has 1 spiro atoms. The van der Waals surface area contributed by atoms with Crippen LogP contribution in [0.2, 0.25) is 0 Å². The summed E-state index contributed by atoms with van der Waals surface area (Å²) in [7, 11) is 1.71. The summed E-state index contributed by atoms with van der Waals surface area (Å²) < 4.78 is 19.8. The summed E-state index contributed by atoms with van der Waals surface area (Å²) in [5.74, 6) is 0.338. The molecule has 0 bridgehead atoms. The Labute approximate surface area is 148 Å². The highest BCUT2D eigenvalue weighted by Crippen LogP contribution is 2.57. The second-order valence-electron chi connectivity index (χ2n) is 6.81. The van der Waals surface area contributed by atoms with Crippen LogP contribution in [0.15, 0.2) is 23.2 Å². The Kier molecular flexibility index (Phi) is 5.24. The number of benzene rings is 1. The molecule has 2 unspecified atom stereocenters. The van der Waals surface area contributed by atoms with E-state index in [4.69, 9.17) is 10.00 Å². The second kappa shape index (κ2) is 7.40. The van der Waals surface area contributed by atoms with E-state index in [2.05, 4.69) is 15.6 Å². The molecular weight excluding hydrogens is 319 g/mol. The maximum absolute atomic E-state index is 13.9. The van der Waals surface area contributed by atoms with Crippen molar-refractivity contribution >= 4 is 5.96 Å². The number of nitrogens with one attached hydrogen (secondary N) is 2. The molecule has 0 amide bonds. The van der Waals surface area contributed by atoms with Gasteiger partial charge in [0.15, 0.2) is 5.96 Å². The maximum Gasteiger partial charge on any atom is 0.191 e. The van der Waals surface area contributed by atoms with E-state index in [1.807, 2.05) is 13.0 Å². The van der Waals surface area contributed by atoms with Crippen molar-refractivity contribution < 1.29 is 9.13 Å². The lowest BCUT2D eigenvalue weighted by Crippen LogP contribution is -2.68. The van der Waals surface area contributed by atoms with Crippen molar-refractivity contribution in [3.63, 3.8) is 0 Å². The molecule has 2 aliphatic carbocycles. The van der Waals surface area contributed by atoms with Crippen LogP contribution in [-0.2, 0) is 11.3 Å². The van der Waals surface area contributed by atoms with Crippen LogP contribution in [0.5, 0.6) is 0 Å². The van der Waals surface area contributed by atoms with Gasteiger partial charge in [-0.1, -0.05) is 6.42 Å². The zero-order valence-electron chi connectivity index (χ0n) is 14.8. The molecule has 25 heavy (non-hydrogen) atoms. The van der Waals surface area contributed by atoms with Crippen LogP contribution in [0.25, 0.3) is 0 Å². The standard InChI is InChI=1S/C19H25FN4O/c1-3-25-17-10-16(19(17)7-4-8-19)24-18(22-2)23-12-14-9-13(11-21)5-6-15(14)20/h5-6,9,16-17H,3-4,7-8,10,12H2,1-2H3,(H2,22,23,24). The Morgan fingerprint density at radius 2 is 2.28 bits per heavy atom. The molecule has 0 aromatic heterocycles. The molecule has 2 saturated carbocycles. The predicted octanol–water partition coefficient (Wildman–Crippen LogP) is 2.71. The number of ether oxygens (including phenoxy) is 1. The number of nitrogens with zero attached hydrogens (tertiary/aromatic N) is 2. The minimum atomic E-state index is -0.322. The highest BCUT2D eigenvalue weighted by molar-refractivity contribution is 5.80. The SMILES string of the molecule is CCOC1CC(NC(=NC)NCc2cc(C#N)ccc2F)C12CCC2. The minimum Gasteiger partial charge on any atom is -0.378 e. The van der Waals surface area contributed by atoms with Gasteiger partial charge in [-0.15, -0.1) is 0 Å². The third kappa shape index (κ3) is 3.34. The fourth-order valence-corrected chi connectivity index (χ4v) is 3.96. The number of hydrogen-bond donors (Lipinski definition) is 2. The molecule has 0 aliphatic heterocycles. The van der Waals surface area contributed by atoms with E-state index in [9.17, 15) is 4.39 Å². The number of rotatable bonds is 5. The summed E-state index contributed by atoms with van der Waals surface area (Å²) in [5.41, 5.74) is 1.15. The molecule has 0 heterocycles. The van der Waals surface area contributed by atoms with Crippen LogP contribution in [-0.4, -0.2) is 31.8 Å². The molecule has 6 heteroatoms. The molecule has 1 aromatic carbocycles. The Balaban J connectivity index is 1.59. The number of halogens is 1. The number of guanidine groups is 1. The van der Waals surface area contributed by atoms with E-state index in [0.717, 1.165) is 13.0 Å². The number of hydrogen-bond acceptors (Lipinski definition) is 3. The molecule has 3 rings (SSSR count). The summed E-state index contributed by atoms with van der Waals surface area (Å²) in [6, 6.07) is 6.76. The van der Waals surface area contributed by atoms with Crippen molar-refractivity contribution in [3.05, 3.63) is 35.1 Å². The first-order valence-electron chi connectivity index (χ1n) is 8.90. The fourth-order valence-electron chi connectivity index (χ4n) is 3.96. The Bertz CT molecular complexity index is 693. The molecule has 134 valence electrons. The van der Waals surface area contributed by atoms with Crippen molar-refractivity contribution in [2.75, 3.05) is 13.7 Å². The largest absolute Gasteiger partial charge is 0.378 e. The van der Waals surface area contributed by atoms with Gasteiger partial charge < -0.3 is 15.4 Å². The van der Waals surface area contributed by atoms with Crippen molar-refractivity contribution in [2.45, 2.75) is 51.3 Å². The van der Waals surface area contributed by atoms with Gasteiger partial charge in [0.05, 0.1) is 17.7 Å². The van der Waals surface area contributed by atoms with E-state index in [0.29, 0.717) is 29.2 Å². The third-order valence-corrected chi connectivity index (χ3v) is 5.59. The molecule has 0 saturated heterocycles. The summed E-state index contributed by atoms with van der Waals surface area (Å²) in [6.07, 6.45) is 4.94. The Morgan fingerprint density at radius 1 is 1.48 bits per heavy atom. The minimum absolute atomic E-state index is 0.236. The summed E-state index contributed by atoms with van der Waals surface area (Å²) in [5, 5.41) is 15.6. The van der Waals surface area contributed by atoms with Crippen LogP contribution >= 0.6 is 0 Å². The van der Waals surface area contributed by atoms with Crippen molar-refractivity contribution in [1.29, 1.82) is 5.26 Å². The van der Waals surface area contributed by atoms with Crippen molar-refractivity contribution in [2.24, 2.45) is 10.4 Å². The van der Waals surface area contributed by atoms with E-state index in [-0.39, 0.29) is 17.8 Å². The smallest absolute Gasteiger partial charge is 0.191 e. The molecule has 5 nitrogen and oxygen atoms in total. The van der Waals surface area contributed by atoms with Gasteiger partial charge in [0, 0.05) is 37.2 Å². The molecule has 2 atom stereocenters. The molecule has 2 fully saturated rings. The molecule has 1 aromatic rings. The lowest BCUT2D eigenvalue weighted by Gasteiger charge is -2.61. The average molecular weight is 344 g/mol. The quantitative estimate of drug-likeness (QED) is 0.636. The van der Waals surface area contributed by atoms with Gasteiger partial charge in [0.25, 0.3) is 0 Å². The first-order valence-corrected chi connectivity index (χ1v) is 8.90. The highest BCUT2D eigenvalue weighted by Gasteiger charge is 2.59. The Hall–Kier alpha value is -2.13. The van der Waals surface area contributed by atoms with E-state index in [1.54, 1.807) is 13.1 Å². The van der Waals surface area contributed by atoms with E-state index >= 15 is 0 Å². The summed E-state index contributed by atoms with van der Waals surface area (Å²) in [4.78, 5) is 4.26. The number of aliphatic imine (C=N–C) groups is 1. The monoisotopic (exact) mass is 344 g/mol. The average Bonchev–Trinajstić information content (AvgIpc) is 2.56. The topological polar surface area (TPSA) is 69.4 Å². The van der Waals surface area contributed by atoms with Crippen LogP contribution in [0.3, 0.4) is 0 Å². The van der Waals surface area contributed by atoms with E-state index in [1.165, 1.54) is 31.4 Å². The third-order valence-electron chi connectivity index (χ3n) is 5.59. The van der Waals surface area contributed by atoms with Crippen molar-refractivity contribution in [3.8, 4) is 6.07 Å². The zero-order valence-corrected chi connectivity index (χ0v) is 14.8. The van der Waals surface area contributed by atoms with Crippen LogP contribution < -0.4 is 10.6 Å². The van der Waals surface area contributed by atoms with Gasteiger partial charge in [-0.3, -0.25) is 4.99 Å². The summed E-state index contributed by atoms with van der Waals surface area (Å²) >= 11 is 0. The maximum atomic E-state index is 13.9.